The maximum Gasteiger partial charge on any atom is 0.337 e. The van der Waals surface area contributed by atoms with E-state index in [1.807, 2.05) is 0 Å². The van der Waals surface area contributed by atoms with Crippen molar-refractivity contribution in [1.29, 1.82) is 0 Å². The average molecular weight is 396 g/mol. The van der Waals surface area contributed by atoms with Gasteiger partial charge in [-0.05, 0) is 24.6 Å². The number of rotatable bonds is 6. The number of benzene rings is 1. The van der Waals surface area contributed by atoms with E-state index in [1.54, 1.807) is 25.2 Å². The smallest absolute Gasteiger partial charge is 0.337 e. The highest BCUT2D eigenvalue weighted by molar-refractivity contribution is 7.91. The SMILES string of the molecule is COC(=O)c1cccc(N(CCC(=O)N(C)C2CCS(=O)(=O)C2)C(C)=O)c1. The zero-order valence-corrected chi connectivity index (χ0v) is 16.5. The van der Waals surface area contributed by atoms with Gasteiger partial charge in [0.05, 0.1) is 24.2 Å². The summed E-state index contributed by atoms with van der Waals surface area (Å²) in [5, 5.41) is 0. The largest absolute Gasteiger partial charge is 0.465 e. The summed E-state index contributed by atoms with van der Waals surface area (Å²) >= 11 is 0. The Morgan fingerprint density at radius 2 is 1.96 bits per heavy atom. The van der Waals surface area contributed by atoms with E-state index in [2.05, 4.69) is 4.74 Å². The van der Waals surface area contributed by atoms with Gasteiger partial charge < -0.3 is 14.5 Å². The summed E-state index contributed by atoms with van der Waals surface area (Å²) in [6, 6.07) is 6.09. The average Bonchev–Trinajstić information content (AvgIpc) is 3.00. The van der Waals surface area contributed by atoms with Crippen molar-refractivity contribution in [2.45, 2.75) is 25.8 Å². The van der Waals surface area contributed by atoms with E-state index in [0.29, 0.717) is 17.7 Å². The molecule has 27 heavy (non-hydrogen) atoms. The van der Waals surface area contributed by atoms with Gasteiger partial charge in [0, 0.05) is 38.7 Å². The standard InChI is InChI=1S/C18H24N2O6S/c1-13(21)20(15-6-4-5-14(11-15)18(23)26-3)9-7-17(22)19(2)16-8-10-27(24,25)12-16/h4-6,11,16H,7-10,12H2,1-3H3. The van der Waals surface area contributed by atoms with E-state index in [0.717, 1.165) is 0 Å². The van der Waals surface area contributed by atoms with Crippen LogP contribution in [0.5, 0.6) is 0 Å². The summed E-state index contributed by atoms with van der Waals surface area (Å²) in [6.45, 7) is 1.51. The number of carbonyl (C=O) groups excluding carboxylic acids is 3. The van der Waals surface area contributed by atoms with Crippen LogP contribution < -0.4 is 4.90 Å². The molecule has 2 amide bonds. The van der Waals surface area contributed by atoms with E-state index in [9.17, 15) is 22.8 Å². The predicted molar refractivity (Wildman–Crippen MR) is 100 cm³/mol. The van der Waals surface area contributed by atoms with Crippen molar-refractivity contribution in [3.8, 4) is 0 Å². The Kier molecular flexibility index (Phi) is 6.59. The van der Waals surface area contributed by atoms with Crippen LogP contribution in [-0.4, -0.2) is 69.4 Å². The van der Waals surface area contributed by atoms with E-state index in [-0.39, 0.29) is 42.3 Å². The van der Waals surface area contributed by atoms with Crippen LogP contribution in [-0.2, 0) is 24.2 Å². The number of hydrogen-bond donors (Lipinski definition) is 0. The highest BCUT2D eigenvalue weighted by atomic mass is 32.2. The lowest BCUT2D eigenvalue weighted by Crippen LogP contribution is -2.40. The molecule has 8 nitrogen and oxygen atoms in total. The van der Waals surface area contributed by atoms with Gasteiger partial charge in [0.2, 0.25) is 11.8 Å². The molecule has 2 rings (SSSR count). The number of sulfone groups is 1. The Labute approximate surface area is 159 Å². The first kappa shape index (κ1) is 20.9. The lowest BCUT2D eigenvalue weighted by molar-refractivity contribution is -0.131. The topological polar surface area (TPSA) is 101 Å². The van der Waals surface area contributed by atoms with Crippen molar-refractivity contribution in [1.82, 2.24) is 4.90 Å². The van der Waals surface area contributed by atoms with Crippen LogP contribution in [0.1, 0.15) is 30.1 Å². The maximum absolute atomic E-state index is 12.4. The number of ether oxygens (including phenoxy) is 1. The number of amides is 2. The van der Waals surface area contributed by atoms with Crippen LogP contribution >= 0.6 is 0 Å². The Morgan fingerprint density at radius 3 is 2.52 bits per heavy atom. The zero-order chi connectivity index (χ0) is 20.2. The summed E-state index contributed by atoms with van der Waals surface area (Å²) in [5.41, 5.74) is 0.796. The molecule has 1 fully saturated rings. The lowest BCUT2D eigenvalue weighted by Gasteiger charge is -2.26. The molecule has 1 aliphatic heterocycles. The molecule has 1 unspecified atom stereocenters. The molecule has 0 saturated carbocycles. The Hall–Kier alpha value is -2.42. The van der Waals surface area contributed by atoms with Gasteiger partial charge in [0.25, 0.3) is 0 Å². The molecule has 0 aromatic heterocycles. The number of anilines is 1. The fourth-order valence-corrected chi connectivity index (χ4v) is 4.83. The van der Waals surface area contributed by atoms with Crippen LogP contribution in [0.4, 0.5) is 5.69 Å². The molecule has 148 valence electrons. The van der Waals surface area contributed by atoms with Crippen molar-refractivity contribution < 1.29 is 27.5 Å². The molecular formula is C18H24N2O6S. The maximum atomic E-state index is 12.4. The molecule has 0 bridgehead atoms. The Bertz CT molecular complexity index is 836. The van der Waals surface area contributed by atoms with Gasteiger partial charge in [-0.25, -0.2) is 13.2 Å². The number of nitrogens with zero attached hydrogens (tertiary/aromatic N) is 2. The summed E-state index contributed by atoms with van der Waals surface area (Å²) in [7, 11) is -0.219. The van der Waals surface area contributed by atoms with E-state index >= 15 is 0 Å². The van der Waals surface area contributed by atoms with Gasteiger partial charge >= 0.3 is 5.97 Å². The minimum atomic E-state index is -3.08. The molecule has 1 aromatic rings. The van der Waals surface area contributed by atoms with Crippen molar-refractivity contribution in [2.75, 3.05) is 37.1 Å². The molecule has 0 radical (unpaired) electrons. The first-order chi connectivity index (χ1) is 12.6. The van der Waals surface area contributed by atoms with Crippen LogP contribution in [0.15, 0.2) is 24.3 Å². The van der Waals surface area contributed by atoms with E-state index in [1.165, 1.54) is 29.9 Å². The normalized spacial score (nSPS) is 18.0. The molecule has 1 heterocycles. The van der Waals surface area contributed by atoms with Crippen LogP contribution in [0.2, 0.25) is 0 Å². The first-order valence-corrected chi connectivity index (χ1v) is 10.4. The predicted octanol–water partition coefficient (Wildman–Crippen LogP) is 0.862. The minimum Gasteiger partial charge on any atom is -0.465 e. The van der Waals surface area contributed by atoms with Crippen LogP contribution in [0.3, 0.4) is 0 Å². The zero-order valence-electron chi connectivity index (χ0n) is 15.7. The molecule has 0 aliphatic carbocycles. The van der Waals surface area contributed by atoms with Crippen LogP contribution in [0.25, 0.3) is 0 Å². The van der Waals surface area contributed by atoms with Gasteiger partial charge in [-0.1, -0.05) is 6.07 Å². The summed E-state index contributed by atoms with van der Waals surface area (Å²) in [6.07, 6.45) is 0.483. The van der Waals surface area contributed by atoms with Gasteiger partial charge in [0.15, 0.2) is 9.84 Å². The molecule has 1 aliphatic rings. The van der Waals surface area contributed by atoms with Crippen molar-refractivity contribution in [2.24, 2.45) is 0 Å². The minimum absolute atomic E-state index is 0.0210. The first-order valence-electron chi connectivity index (χ1n) is 8.57. The quantitative estimate of drug-likeness (QED) is 0.661. The number of carbonyl (C=O) groups is 3. The number of hydrogen-bond acceptors (Lipinski definition) is 6. The summed E-state index contributed by atoms with van der Waals surface area (Å²) in [4.78, 5) is 39.0. The molecule has 9 heteroatoms. The fourth-order valence-electron chi connectivity index (χ4n) is 3.06. The number of methoxy groups -OCH3 is 1. The number of esters is 1. The second kappa shape index (κ2) is 8.51. The fraction of sp³-hybridized carbons (Fsp3) is 0.500. The third kappa shape index (κ3) is 5.29. The Morgan fingerprint density at radius 1 is 1.26 bits per heavy atom. The molecule has 0 spiro atoms. The van der Waals surface area contributed by atoms with E-state index in [4.69, 9.17) is 0 Å². The van der Waals surface area contributed by atoms with Crippen molar-refractivity contribution in [3.63, 3.8) is 0 Å². The molecule has 1 aromatic carbocycles. The van der Waals surface area contributed by atoms with Crippen LogP contribution in [0, 0.1) is 0 Å². The third-order valence-electron chi connectivity index (χ3n) is 4.66. The molecule has 0 N–H and O–H groups in total. The molecular weight excluding hydrogens is 372 g/mol. The summed E-state index contributed by atoms with van der Waals surface area (Å²) in [5.74, 6) is -0.941. The second-order valence-electron chi connectivity index (χ2n) is 6.52. The monoisotopic (exact) mass is 396 g/mol. The highest BCUT2D eigenvalue weighted by Gasteiger charge is 2.32. The molecule has 1 atom stereocenters. The third-order valence-corrected chi connectivity index (χ3v) is 6.41. The van der Waals surface area contributed by atoms with Gasteiger partial charge in [-0.15, -0.1) is 0 Å². The lowest BCUT2D eigenvalue weighted by atomic mass is 10.1. The van der Waals surface area contributed by atoms with Crippen molar-refractivity contribution in [3.05, 3.63) is 29.8 Å². The van der Waals surface area contributed by atoms with Gasteiger partial charge in [0.1, 0.15) is 0 Å². The molecule has 1 saturated heterocycles. The van der Waals surface area contributed by atoms with Gasteiger partial charge in [-0.2, -0.15) is 0 Å². The van der Waals surface area contributed by atoms with E-state index < -0.39 is 15.8 Å². The van der Waals surface area contributed by atoms with Gasteiger partial charge in [-0.3, -0.25) is 9.59 Å². The Balaban J connectivity index is 2.05. The van der Waals surface area contributed by atoms with Crippen molar-refractivity contribution >= 4 is 33.3 Å². The highest BCUT2D eigenvalue weighted by Crippen LogP contribution is 2.20. The second-order valence-corrected chi connectivity index (χ2v) is 8.75. The summed E-state index contributed by atoms with van der Waals surface area (Å²) < 4.78 is 27.9.